The summed E-state index contributed by atoms with van der Waals surface area (Å²) >= 11 is 0. The van der Waals surface area contributed by atoms with Gasteiger partial charge in [-0.1, -0.05) is 31.9 Å². The summed E-state index contributed by atoms with van der Waals surface area (Å²) in [5, 5.41) is 14.8. The highest BCUT2D eigenvalue weighted by atomic mass is 19.1. The van der Waals surface area contributed by atoms with Gasteiger partial charge in [0, 0.05) is 39.3 Å². The number of halogens is 1. The second kappa shape index (κ2) is 18.7. The van der Waals surface area contributed by atoms with Crippen LogP contribution in [0.4, 0.5) is 20.9 Å². The Labute approximate surface area is 256 Å². The molecule has 0 bridgehead atoms. The molecule has 4 amide bonds. The van der Waals surface area contributed by atoms with E-state index in [-0.39, 0.29) is 17.2 Å². The third-order valence-electron chi connectivity index (χ3n) is 5.62. The number of furan rings is 1. The number of carbonyl (C=O) groups excluding carboxylic acids is 3. The summed E-state index contributed by atoms with van der Waals surface area (Å²) in [5.41, 5.74) is 6.04. The van der Waals surface area contributed by atoms with E-state index >= 15 is 0 Å². The molecule has 0 saturated carbocycles. The van der Waals surface area contributed by atoms with Crippen LogP contribution in [0.1, 0.15) is 73.5 Å². The van der Waals surface area contributed by atoms with Crippen LogP contribution >= 0.6 is 0 Å². The Morgan fingerprint density at radius 3 is 2.39 bits per heavy atom. The first-order valence-electron chi connectivity index (χ1n) is 14.1. The molecule has 0 aliphatic carbocycles. The Morgan fingerprint density at radius 2 is 1.86 bits per heavy atom. The lowest BCUT2D eigenvalue weighted by Gasteiger charge is -2.05. The van der Waals surface area contributed by atoms with Gasteiger partial charge in [-0.2, -0.15) is 0 Å². The first-order valence-corrected chi connectivity index (χ1v) is 14.1. The Morgan fingerprint density at radius 1 is 1.18 bits per heavy atom. The van der Waals surface area contributed by atoms with E-state index in [2.05, 4.69) is 36.9 Å². The minimum Gasteiger partial charge on any atom is -0.494 e. The van der Waals surface area contributed by atoms with Gasteiger partial charge in [-0.25, -0.2) is 9.18 Å². The Bertz CT molecular complexity index is 1400. The largest absolute Gasteiger partial charge is 0.494 e. The van der Waals surface area contributed by atoms with Gasteiger partial charge in [0.15, 0.2) is 17.6 Å². The van der Waals surface area contributed by atoms with Gasteiger partial charge < -0.3 is 34.8 Å². The molecular weight excluding hydrogens is 575 g/mol. The molecule has 4 heterocycles. The fraction of sp³-hybridized carbons (Fsp3) is 0.448. The first kappa shape index (κ1) is 37.2. The van der Waals surface area contributed by atoms with Crippen molar-refractivity contribution < 1.29 is 32.3 Å². The van der Waals surface area contributed by atoms with Crippen LogP contribution in [0.15, 0.2) is 32.0 Å². The van der Waals surface area contributed by atoms with Gasteiger partial charge in [0.1, 0.15) is 17.2 Å². The highest BCUT2D eigenvalue weighted by Gasteiger charge is 2.34. The minimum atomic E-state index is -0.758. The second-order valence-electron chi connectivity index (χ2n) is 8.64. The van der Waals surface area contributed by atoms with Gasteiger partial charge in [0.05, 0.1) is 12.7 Å². The fourth-order valence-corrected chi connectivity index (χ4v) is 3.73. The molecular formula is C29H43FN8O6. The number of urea groups is 1. The molecule has 1 aromatic carbocycles. The quantitative estimate of drug-likeness (QED) is 0.227. The first-order chi connectivity index (χ1) is 21.1. The number of anilines is 1. The molecule has 0 spiro atoms. The molecule has 0 radical (unpaired) electrons. The molecule has 2 aromatic heterocycles. The molecule has 242 valence electrons. The summed E-state index contributed by atoms with van der Waals surface area (Å²) in [6, 6.07) is 4.16. The number of ether oxygens (including phenoxy) is 1. The Balaban J connectivity index is 0.000000324. The lowest BCUT2D eigenvalue weighted by Crippen LogP contribution is -2.22. The van der Waals surface area contributed by atoms with Gasteiger partial charge in [-0.3, -0.25) is 19.9 Å². The van der Waals surface area contributed by atoms with E-state index in [0.717, 1.165) is 18.5 Å². The molecule has 1 fully saturated rings. The molecule has 5 rings (SSSR count). The van der Waals surface area contributed by atoms with Gasteiger partial charge in [-0.15, -0.1) is 5.10 Å². The van der Waals surface area contributed by atoms with Crippen LogP contribution in [0.25, 0.3) is 0 Å². The average Bonchev–Trinajstić information content (AvgIpc) is 3.77. The minimum absolute atomic E-state index is 0.118. The van der Waals surface area contributed by atoms with Gasteiger partial charge >= 0.3 is 12.0 Å². The molecule has 44 heavy (non-hydrogen) atoms. The van der Waals surface area contributed by atoms with Crippen LogP contribution in [-0.4, -0.2) is 66.9 Å². The van der Waals surface area contributed by atoms with Crippen molar-refractivity contribution in [1.29, 1.82) is 0 Å². The normalized spacial score (nSPS) is 14.5. The number of aromatic nitrogens is 2. The maximum Gasteiger partial charge on any atom is 0.322 e. The topological polar surface area (TPSA) is 190 Å². The van der Waals surface area contributed by atoms with E-state index in [9.17, 15) is 18.8 Å². The van der Waals surface area contributed by atoms with E-state index in [1.54, 1.807) is 45.3 Å². The fourth-order valence-electron chi connectivity index (χ4n) is 3.73. The van der Waals surface area contributed by atoms with Crippen molar-refractivity contribution >= 4 is 35.8 Å². The van der Waals surface area contributed by atoms with Gasteiger partial charge in [0.25, 0.3) is 11.8 Å². The zero-order chi connectivity index (χ0) is 33.4. The Hall–Kier alpha value is -4.79. The Kier molecular flexibility index (Phi) is 15.8. The lowest BCUT2D eigenvalue weighted by molar-refractivity contribution is -0.120. The smallest absolute Gasteiger partial charge is 0.322 e. The number of fused-ring (bicyclic) bond motifs is 1. The maximum atomic E-state index is 13.6. The van der Waals surface area contributed by atoms with Gasteiger partial charge in [0.2, 0.25) is 5.89 Å². The van der Waals surface area contributed by atoms with Crippen molar-refractivity contribution in [3.05, 3.63) is 52.6 Å². The van der Waals surface area contributed by atoms with Crippen molar-refractivity contribution in [1.82, 2.24) is 25.7 Å². The average molecular weight is 619 g/mol. The van der Waals surface area contributed by atoms with Crippen molar-refractivity contribution in [2.24, 2.45) is 10.7 Å². The zero-order valence-electron chi connectivity index (χ0n) is 26.7. The molecule has 1 saturated heterocycles. The number of amides is 4. The van der Waals surface area contributed by atoms with Crippen LogP contribution in [0.2, 0.25) is 0 Å². The summed E-state index contributed by atoms with van der Waals surface area (Å²) < 4.78 is 28.8. The predicted octanol–water partition coefficient (Wildman–Crippen LogP) is 4.41. The van der Waals surface area contributed by atoms with E-state index < -0.39 is 23.8 Å². The highest BCUT2D eigenvalue weighted by molar-refractivity contribution is 6.04. The number of benzene rings is 1. The number of hydrogen-bond donors (Lipinski definition) is 4. The van der Waals surface area contributed by atoms with Crippen molar-refractivity contribution in [2.75, 3.05) is 33.1 Å². The molecule has 2 aliphatic rings. The number of aliphatic imine (C=N–C) groups is 1. The second-order valence-corrected chi connectivity index (χ2v) is 8.64. The summed E-state index contributed by atoms with van der Waals surface area (Å²) in [5.74, 6) is 0.483. The molecule has 1 unspecified atom stereocenters. The molecule has 3 aromatic rings. The number of rotatable bonds is 6. The summed E-state index contributed by atoms with van der Waals surface area (Å²) in [7, 11) is 4.53. The molecule has 15 heteroatoms. The number of nitrogens with two attached hydrogens (primary N) is 1. The van der Waals surface area contributed by atoms with E-state index in [1.807, 2.05) is 27.7 Å². The monoisotopic (exact) mass is 618 g/mol. The molecule has 2 aliphatic heterocycles. The summed E-state index contributed by atoms with van der Waals surface area (Å²) in [4.78, 5) is 39.6. The van der Waals surface area contributed by atoms with Crippen molar-refractivity contribution in [2.45, 2.75) is 60.5 Å². The van der Waals surface area contributed by atoms with E-state index in [1.165, 1.54) is 19.1 Å². The van der Waals surface area contributed by atoms with Crippen molar-refractivity contribution in [3.8, 4) is 5.75 Å². The SMILES string of the molecule is CC.CCC=Nc1cc(C2NC(=O)NC2=O)oc1C.CCNc1nnc(C)o1.CN.COc1ccc2c(c1F)C(=O)N(C)C2. The number of aryl methyl sites for hydroxylation is 2. The number of imide groups is 1. The van der Waals surface area contributed by atoms with Crippen LogP contribution in [0.3, 0.4) is 0 Å². The maximum absolute atomic E-state index is 13.6. The third kappa shape index (κ3) is 9.90. The van der Waals surface area contributed by atoms with Crippen LogP contribution < -0.4 is 26.4 Å². The van der Waals surface area contributed by atoms with E-state index in [4.69, 9.17) is 13.6 Å². The number of nitrogens with zero attached hydrogens (tertiary/aromatic N) is 4. The molecule has 1 atom stereocenters. The van der Waals surface area contributed by atoms with Crippen LogP contribution in [-0.2, 0) is 11.3 Å². The zero-order valence-corrected chi connectivity index (χ0v) is 26.7. The van der Waals surface area contributed by atoms with Crippen LogP contribution in [0.5, 0.6) is 5.75 Å². The lowest BCUT2D eigenvalue weighted by atomic mass is 10.1. The van der Waals surface area contributed by atoms with E-state index in [0.29, 0.717) is 35.7 Å². The molecule has 5 N–H and O–H groups in total. The number of methoxy groups -OCH3 is 1. The number of hydrogen-bond acceptors (Lipinski definition) is 11. The third-order valence-corrected chi connectivity index (χ3v) is 5.62. The summed E-state index contributed by atoms with van der Waals surface area (Å²) in [6.07, 6.45) is 2.58. The highest BCUT2D eigenvalue weighted by Crippen LogP contribution is 2.30. The summed E-state index contributed by atoms with van der Waals surface area (Å²) in [6.45, 7) is 12.7. The number of nitrogens with one attached hydrogen (secondary N) is 3. The van der Waals surface area contributed by atoms with Crippen molar-refractivity contribution in [3.63, 3.8) is 0 Å². The van der Waals surface area contributed by atoms with Gasteiger partial charge in [-0.05, 0) is 38.9 Å². The molecule has 14 nitrogen and oxygen atoms in total. The van der Waals surface area contributed by atoms with Crippen LogP contribution in [0, 0.1) is 19.7 Å². The predicted molar refractivity (Wildman–Crippen MR) is 165 cm³/mol. The number of carbonyl (C=O) groups is 3. The standard InChI is InChI=1S/C11H13N3O3.C10H10FNO2.C5H9N3O.C2H6.CH5N/c1-3-4-12-7-5-8(17-6(7)2)9-10(15)14-11(16)13-9;1-12-5-6-3-4-7(14-2)9(11)8(6)10(12)13;1-3-6-5-8-7-4(2)9-5;2*1-2/h4-5,9H,3H2,1-2H3,(H2,13,14,15,16);3-4H,5H2,1-2H3;3H2,1-2H3,(H,6,8);1-2H3;2H2,1H3.